The number of piperazine rings is 1. The molecule has 3 amide bonds. The summed E-state index contributed by atoms with van der Waals surface area (Å²) in [5.41, 5.74) is 8.45. The van der Waals surface area contributed by atoms with Crippen LogP contribution in [0.5, 0.6) is 0 Å². The first-order chi connectivity index (χ1) is 25.3. The normalized spacial score (nSPS) is 15.5. The molecule has 278 valence electrons. The molecule has 0 atom stereocenters. The summed E-state index contributed by atoms with van der Waals surface area (Å²) >= 11 is 1.35. The summed E-state index contributed by atoms with van der Waals surface area (Å²) in [6.45, 7) is 6.49. The Hall–Kier alpha value is -4.98. The van der Waals surface area contributed by atoms with Gasteiger partial charge < -0.3 is 26.4 Å². The zero-order valence-electron chi connectivity index (χ0n) is 29.8. The summed E-state index contributed by atoms with van der Waals surface area (Å²) < 4.78 is 30.5. The molecule has 1 aromatic heterocycles. The number of carbonyl (C=O) groups is 4. The lowest BCUT2D eigenvalue weighted by Gasteiger charge is -2.47. The highest BCUT2D eigenvalue weighted by atomic mass is 32.1. The molecule has 2 heterocycles. The Labute approximate surface area is 311 Å². The van der Waals surface area contributed by atoms with Crippen LogP contribution in [0, 0.1) is 11.6 Å². The van der Waals surface area contributed by atoms with E-state index in [4.69, 9.17) is 10.8 Å². The number of thiophene rings is 1. The first-order valence-corrected chi connectivity index (χ1v) is 18.5. The molecule has 6 rings (SSSR count). The van der Waals surface area contributed by atoms with Gasteiger partial charge in [-0.05, 0) is 105 Å². The van der Waals surface area contributed by atoms with Gasteiger partial charge in [0, 0.05) is 53.4 Å². The molecule has 5 N–H and O–H groups in total. The highest BCUT2D eigenvalue weighted by Crippen LogP contribution is 2.39. The number of hydrogen-bond acceptors (Lipinski definition) is 7. The SMILES string of the molecule is CC1(C)CN(C(=O)CN)CCN1Cc1cccc(C(=O)Nc2sc3c(c2C(=O)Nc2cc(F)c(CCc4ccc(C(=O)O)cc4)c(F)c2)CCCC3)c1. The predicted octanol–water partition coefficient (Wildman–Crippen LogP) is 6.27. The number of nitrogens with one attached hydrogen (secondary N) is 2. The van der Waals surface area contributed by atoms with E-state index in [1.54, 1.807) is 23.1 Å². The van der Waals surface area contributed by atoms with Crippen LogP contribution in [0.2, 0.25) is 0 Å². The average Bonchev–Trinajstić information content (AvgIpc) is 3.49. The van der Waals surface area contributed by atoms with E-state index >= 15 is 8.78 Å². The maximum absolute atomic E-state index is 15.2. The molecule has 10 nitrogen and oxygen atoms in total. The van der Waals surface area contributed by atoms with Gasteiger partial charge in [-0.1, -0.05) is 24.3 Å². The molecular weight excluding hydrogens is 701 g/mol. The van der Waals surface area contributed by atoms with Gasteiger partial charge >= 0.3 is 5.97 Å². The molecule has 0 unspecified atom stereocenters. The number of hydrogen-bond donors (Lipinski definition) is 4. The van der Waals surface area contributed by atoms with Crippen molar-refractivity contribution >= 4 is 45.7 Å². The second kappa shape index (κ2) is 15.9. The van der Waals surface area contributed by atoms with Crippen molar-refractivity contribution in [1.82, 2.24) is 9.80 Å². The number of carboxylic acid groups (broad SMARTS) is 1. The number of aromatic carboxylic acids is 1. The fraction of sp³-hybridized carbons (Fsp3) is 0.350. The third kappa shape index (κ3) is 8.64. The molecule has 0 radical (unpaired) electrons. The Balaban J connectivity index is 1.15. The fourth-order valence-corrected chi connectivity index (χ4v) is 8.40. The van der Waals surface area contributed by atoms with Crippen molar-refractivity contribution < 1.29 is 33.1 Å². The summed E-state index contributed by atoms with van der Waals surface area (Å²) in [7, 11) is 0. The Morgan fingerprint density at radius 1 is 0.868 bits per heavy atom. The number of amides is 3. The molecular formula is C40H43F2N5O5S. The van der Waals surface area contributed by atoms with E-state index in [2.05, 4.69) is 29.4 Å². The molecule has 1 aliphatic heterocycles. The lowest BCUT2D eigenvalue weighted by Crippen LogP contribution is -2.60. The molecule has 1 fully saturated rings. The minimum Gasteiger partial charge on any atom is -0.478 e. The number of halogens is 2. The molecule has 53 heavy (non-hydrogen) atoms. The number of aryl methyl sites for hydroxylation is 2. The first-order valence-electron chi connectivity index (χ1n) is 17.7. The van der Waals surface area contributed by atoms with E-state index in [0.717, 1.165) is 53.0 Å². The molecule has 0 bridgehead atoms. The second-order valence-corrected chi connectivity index (χ2v) is 15.3. The van der Waals surface area contributed by atoms with Gasteiger partial charge in [0.1, 0.15) is 16.6 Å². The van der Waals surface area contributed by atoms with Gasteiger partial charge in [-0.15, -0.1) is 11.3 Å². The summed E-state index contributed by atoms with van der Waals surface area (Å²) in [5, 5.41) is 15.1. The lowest BCUT2D eigenvalue weighted by atomic mass is 9.95. The van der Waals surface area contributed by atoms with E-state index in [9.17, 15) is 19.2 Å². The zero-order chi connectivity index (χ0) is 37.9. The predicted molar refractivity (Wildman–Crippen MR) is 201 cm³/mol. The maximum Gasteiger partial charge on any atom is 0.335 e. The standard InChI is InChI=1S/C40H43F2N5O5S/c1-40(2)23-46(34(48)21-43)16-17-47(40)22-25-6-5-7-27(18-25)36(49)45-38-35(30-8-3-4-9-33(30)53-38)37(50)44-28-19-31(41)29(32(42)20-28)15-12-24-10-13-26(14-11-24)39(51)52/h5-7,10-11,13-14,18-20H,3-4,8-9,12,15-17,21-23,43H2,1-2H3,(H,44,50)(H,45,49)(H,51,52). The summed E-state index contributed by atoms with van der Waals surface area (Å²) in [6.07, 6.45) is 3.58. The lowest BCUT2D eigenvalue weighted by molar-refractivity contribution is -0.134. The van der Waals surface area contributed by atoms with Crippen molar-refractivity contribution in [3.05, 3.63) is 116 Å². The number of rotatable bonds is 11. The quantitative estimate of drug-likeness (QED) is 0.142. The van der Waals surface area contributed by atoms with Gasteiger partial charge in [-0.3, -0.25) is 19.3 Å². The number of fused-ring (bicyclic) bond motifs is 1. The van der Waals surface area contributed by atoms with Gasteiger partial charge in [0.2, 0.25) is 5.91 Å². The monoisotopic (exact) mass is 743 g/mol. The molecule has 1 aliphatic carbocycles. The maximum atomic E-state index is 15.2. The van der Waals surface area contributed by atoms with Crippen LogP contribution in [-0.2, 0) is 37.0 Å². The summed E-state index contributed by atoms with van der Waals surface area (Å²) in [6, 6.07) is 15.6. The van der Waals surface area contributed by atoms with E-state index in [1.165, 1.54) is 23.5 Å². The number of anilines is 2. The average molecular weight is 744 g/mol. The van der Waals surface area contributed by atoms with Crippen LogP contribution in [0.1, 0.15) is 84.9 Å². The van der Waals surface area contributed by atoms with Gasteiger partial charge in [0.15, 0.2) is 0 Å². The number of nitrogens with two attached hydrogens (primary N) is 1. The zero-order valence-corrected chi connectivity index (χ0v) is 30.6. The van der Waals surface area contributed by atoms with Crippen molar-refractivity contribution in [3.63, 3.8) is 0 Å². The summed E-state index contributed by atoms with van der Waals surface area (Å²) in [5.74, 6) is -3.69. The van der Waals surface area contributed by atoms with Gasteiger partial charge in [-0.25, -0.2) is 13.6 Å². The van der Waals surface area contributed by atoms with E-state index in [1.807, 2.05) is 18.2 Å². The van der Waals surface area contributed by atoms with Crippen molar-refractivity contribution in [2.75, 3.05) is 36.8 Å². The van der Waals surface area contributed by atoms with E-state index in [0.29, 0.717) is 55.1 Å². The van der Waals surface area contributed by atoms with E-state index < -0.39 is 23.5 Å². The Morgan fingerprint density at radius 3 is 2.26 bits per heavy atom. The minimum atomic E-state index is -1.06. The molecule has 3 aromatic carbocycles. The van der Waals surface area contributed by atoms with Crippen LogP contribution < -0.4 is 16.4 Å². The van der Waals surface area contributed by atoms with Gasteiger partial charge in [-0.2, -0.15) is 0 Å². The highest BCUT2D eigenvalue weighted by molar-refractivity contribution is 7.17. The molecule has 0 spiro atoms. The Bertz CT molecular complexity index is 2020. The van der Waals surface area contributed by atoms with Crippen molar-refractivity contribution in [1.29, 1.82) is 0 Å². The molecule has 0 saturated carbocycles. The fourth-order valence-electron chi connectivity index (χ4n) is 7.12. The molecule has 13 heteroatoms. The molecule has 4 aromatic rings. The van der Waals surface area contributed by atoms with Crippen LogP contribution in [0.25, 0.3) is 0 Å². The number of carboxylic acids is 1. The van der Waals surface area contributed by atoms with Gasteiger partial charge in [0.25, 0.3) is 11.8 Å². The van der Waals surface area contributed by atoms with Gasteiger partial charge in [0.05, 0.1) is 17.7 Å². The Morgan fingerprint density at radius 2 is 1.58 bits per heavy atom. The smallest absolute Gasteiger partial charge is 0.335 e. The van der Waals surface area contributed by atoms with Crippen LogP contribution in [0.3, 0.4) is 0 Å². The van der Waals surface area contributed by atoms with Crippen LogP contribution in [0.4, 0.5) is 19.5 Å². The van der Waals surface area contributed by atoms with Crippen LogP contribution >= 0.6 is 11.3 Å². The first kappa shape index (κ1) is 37.8. The second-order valence-electron chi connectivity index (χ2n) is 14.2. The number of benzene rings is 3. The molecule has 1 saturated heterocycles. The highest BCUT2D eigenvalue weighted by Gasteiger charge is 2.35. The van der Waals surface area contributed by atoms with Crippen molar-refractivity contribution in [2.24, 2.45) is 5.73 Å². The summed E-state index contributed by atoms with van der Waals surface area (Å²) in [4.78, 5) is 55.9. The minimum absolute atomic E-state index is 0.0228. The third-order valence-corrected chi connectivity index (χ3v) is 11.3. The number of carbonyl (C=O) groups excluding carboxylic acids is 3. The largest absolute Gasteiger partial charge is 0.478 e. The van der Waals surface area contributed by atoms with Crippen molar-refractivity contribution in [3.8, 4) is 0 Å². The van der Waals surface area contributed by atoms with Crippen LogP contribution in [0.15, 0.2) is 60.7 Å². The topological polar surface area (TPSA) is 145 Å². The Kier molecular flexibility index (Phi) is 11.4. The third-order valence-electron chi connectivity index (χ3n) is 10.1. The van der Waals surface area contributed by atoms with Crippen molar-refractivity contribution in [2.45, 2.75) is 64.5 Å². The van der Waals surface area contributed by atoms with Crippen LogP contribution in [-0.4, -0.2) is 70.3 Å². The number of nitrogens with zero attached hydrogens (tertiary/aromatic N) is 2. The van der Waals surface area contributed by atoms with E-state index in [-0.39, 0.29) is 47.1 Å². The molecule has 2 aliphatic rings.